The molecule has 0 spiro atoms. The van der Waals surface area contributed by atoms with E-state index < -0.39 is 0 Å². The minimum Gasteiger partial charge on any atom is -0.0982 e. The molecule has 0 rings (SSSR count). The Balaban J connectivity index is 2.77. The molecule has 0 saturated carbocycles. The van der Waals surface area contributed by atoms with E-state index in [9.17, 15) is 0 Å². The predicted octanol–water partition coefficient (Wildman–Crippen LogP) is 4.83. The number of unbranched alkanes of at least 4 members (excludes halogenated alkanes) is 6. The normalized spacial score (nSPS) is 11.1. The lowest BCUT2D eigenvalue weighted by Crippen LogP contribution is -1.80. The average molecular weight is 185 g/mol. The van der Waals surface area contributed by atoms with Gasteiger partial charge in [-0.1, -0.05) is 66.4 Å². The summed E-state index contributed by atoms with van der Waals surface area (Å²) in [6, 6.07) is 0. The highest BCUT2D eigenvalue weighted by Crippen LogP contribution is 2.14. The molecule has 0 saturated heterocycles. The summed E-state index contributed by atoms with van der Waals surface area (Å²) in [5.74, 6) is 2.00. The molecule has 71 valence electrons. The fourth-order valence-electron chi connectivity index (χ4n) is 1.25. The smallest absolute Gasteiger partial charge is 0.0250 e. The quantitative estimate of drug-likeness (QED) is 0.356. The third-order valence-electron chi connectivity index (χ3n) is 2.02. The van der Waals surface area contributed by atoms with Crippen molar-refractivity contribution in [2.75, 3.05) is 6.16 Å². The second kappa shape index (κ2) is 11.2. The van der Waals surface area contributed by atoms with Gasteiger partial charge in [-0.15, -0.1) is 0 Å². The van der Waals surface area contributed by atoms with Crippen LogP contribution in [0.5, 0.6) is 0 Å². The maximum atomic E-state index is 3.71. The molecule has 0 amide bonds. The molecular weight excluding hydrogens is 163 g/mol. The molecule has 0 atom stereocenters. The highest BCUT2D eigenvalue weighted by Gasteiger charge is 1.89. The zero-order chi connectivity index (χ0) is 9.07. The van der Waals surface area contributed by atoms with E-state index >= 15 is 0 Å². The molecule has 0 aromatic heterocycles. The van der Waals surface area contributed by atoms with Crippen LogP contribution in [0.4, 0.5) is 0 Å². The molecule has 0 aromatic carbocycles. The fourth-order valence-corrected chi connectivity index (χ4v) is 1.84. The highest BCUT2D eigenvalue weighted by molar-refractivity contribution is 7.41. The van der Waals surface area contributed by atoms with Gasteiger partial charge < -0.3 is 0 Å². The molecule has 0 heterocycles. The Morgan fingerprint density at radius 2 is 1.58 bits per heavy atom. The van der Waals surface area contributed by atoms with E-state index in [2.05, 4.69) is 13.5 Å². The maximum Gasteiger partial charge on any atom is -0.0250 e. The molecule has 0 unspecified atom stereocenters. The van der Waals surface area contributed by atoms with Gasteiger partial charge in [0.25, 0.3) is 0 Å². The molecule has 0 bridgehead atoms. The van der Waals surface area contributed by atoms with Crippen LogP contribution in [0.1, 0.15) is 51.9 Å². The summed E-state index contributed by atoms with van der Waals surface area (Å²) in [6.07, 6.45) is 11.2. The SMILES string of the molecule is C=C[P]CCCCCCCCC. The van der Waals surface area contributed by atoms with Crippen molar-refractivity contribution in [3.8, 4) is 0 Å². The van der Waals surface area contributed by atoms with Crippen molar-refractivity contribution in [3.63, 3.8) is 0 Å². The Labute approximate surface area is 79.6 Å². The third kappa shape index (κ3) is 10.2. The van der Waals surface area contributed by atoms with Crippen LogP contribution < -0.4 is 0 Å². The first kappa shape index (κ1) is 12.2. The lowest BCUT2D eigenvalue weighted by Gasteiger charge is -1.99. The largest absolute Gasteiger partial charge is 0.0982 e. The van der Waals surface area contributed by atoms with Gasteiger partial charge in [-0.05, 0) is 12.6 Å². The Morgan fingerprint density at radius 3 is 2.17 bits per heavy atom. The zero-order valence-electron chi connectivity index (χ0n) is 8.39. The predicted molar refractivity (Wildman–Crippen MR) is 60.0 cm³/mol. The lowest BCUT2D eigenvalue weighted by atomic mass is 10.1. The lowest BCUT2D eigenvalue weighted by molar-refractivity contribution is 0.603. The molecular formula is C11H22P. The van der Waals surface area contributed by atoms with Crippen molar-refractivity contribution >= 4 is 8.58 Å². The summed E-state index contributed by atoms with van der Waals surface area (Å²) in [7, 11) is 1.42. The standard InChI is InChI=1S/C11H22P/c1-3-5-6-7-8-9-10-11-12-4-2/h4H,2-3,5-11H2,1H3. The fraction of sp³-hybridized carbons (Fsp3) is 0.818. The second-order valence-corrected chi connectivity index (χ2v) is 4.39. The Kier molecular flexibility index (Phi) is 11.3. The van der Waals surface area contributed by atoms with Gasteiger partial charge in [0.05, 0.1) is 0 Å². The van der Waals surface area contributed by atoms with E-state index in [-0.39, 0.29) is 0 Å². The average Bonchev–Trinajstić information content (AvgIpc) is 2.10. The molecule has 1 radical (unpaired) electrons. The van der Waals surface area contributed by atoms with Crippen LogP contribution in [0.3, 0.4) is 0 Å². The van der Waals surface area contributed by atoms with E-state index in [4.69, 9.17) is 0 Å². The maximum absolute atomic E-state index is 3.71. The van der Waals surface area contributed by atoms with Crippen LogP contribution in [0.2, 0.25) is 0 Å². The van der Waals surface area contributed by atoms with E-state index in [0.29, 0.717) is 0 Å². The van der Waals surface area contributed by atoms with Gasteiger partial charge in [-0.2, -0.15) is 0 Å². The zero-order valence-corrected chi connectivity index (χ0v) is 9.28. The van der Waals surface area contributed by atoms with Crippen LogP contribution >= 0.6 is 8.58 Å². The summed E-state index contributed by atoms with van der Waals surface area (Å²) < 4.78 is 0. The Morgan fingerprint density at radius 1 is 1.00 bits per heavy atom. The van der Waals surface area contributed by atoms with Crippen molar-refractivity contribution < 1.29 is 0 Å². The molecule has 0 N–H and O–H groups in total. The van der Waals surface area contributed by atoms with Crippen molar-refractivity contribution in [2.24, 2.45) is 0 Å². The summed E-state index contributed by atoms with van der Waals surface area (Å²) in [5.41, 5.74) is 0. The van der Waals surface area contributed by atoms with E-state index in [1.165, 1.54) is 59.7 Å². The molecule has 0 aliphatic rings. The molecule has 0 aromatic rings. The van der Waals surface area contributed by atoms with Crippen LogP contribution in [0.25, 0.3) is 0 Å². The number of rotatable bonds is 9. The minimum atomic E-state index is 1.32. The van der Waals surface area contributed by atoms with Crippen LogP contribution in [-0.4, -0.2) is 6.16 Å². The van der Waals surface area contributed by atoms with Crippen molar-refractivity contribution in [1.82, 2.24) is 0 Å². The topological polar surface area (TPSA) is 0 Å². The van der Waals surface area contributed by atoms with E-state index in [1.807, 2.05) is 5.82 Å². The first-order valence-corrected chi connectivity index (χ1v) is 6.34. The van der Waals surface area contributed by atoms with Gasteiger partial charge in [0, 0.05) is 0 Å². The summed E-state index contributed by atoms with van der Waals surface area (Å²) in [5, 5.41) is 0. The molecule has 0 aliphatic carbocycles. The van der Waals surface area contributed by atoms with Crippen molar-refractivity contribution in [3.05, 3.63) is 12.4 Å². The Bertz CT molecular complexity index is 89.0. The van der Waals surface area contributed by atoms with E-state index in [0.717, 1.165) is 0 Å². The second-order valence-electron chi connectivity index (χ2n) is 3.21. The van der Waals surface area contributed by atoms with Crippen molar-refractivity contribution in [2.45, 2.75) is 51.9 Å². The van der Waals surface area contributed by atoms with Gasteiger partial charge >= 0.3 is 0 Å². The van der Waals surface area contributed by atoms with Gasteiger partial charge in [0.15, 0.2) is 0 Å². The summed E-state index contributed by atoms with van der Waals surface area (Å²) in [4.78, 5) is 0. The summed E-state index contributed by atoms with van der Waals surface area (Å²) in [6.45, 7) is 5.97. The van der Waals surface area contributed by atoms with Gasteiger partial charge in [-0.3, -0.25) is 0 Å². The van der Waals surface area contributed by atoms with Crippen LogP contribution in [0.15, 0.2) is 12.4 Å². The van der Waals surface area contributed by atoms with Crippen molar-refractivity contribution in [1.29, 1.82) is 0 Å². The summed E-state index contributed by atoms with van der Waals surface area (Å²) >= 11 is 0. The number of hydrogen-bond donors (Lipinski definition) is 0. The first-order chi connectivity index (χ1) is 5.91. The van der Waals surface area contributed by atoms with Gasteiger partial charge in [0.1, 0.15) is 0 Å². The minimum absolute atomic E-state index is 1.32. The molecule has 0 aliphatic heterocycles. The number of hydrogen-bond acceptors (Lipinski definition) is 0. The third-order valence-corrected chi connectivity index (χ3v) is 2.85. The molecule has 1 heteroatoms. The molecule has 12 heavy (non-hydrogen) atoms. The van der Waals surface area contributed by atoms with Crippen LogP contribution in [0, 0.1) is 0 Å². The van der Waals surface area contributed by atoms with Crippen LogP contribution in [-0.2, 0) is 0 Å². The van der Waals surface area contributed by atoms with Gasteiger partial charge in [-0.25, -0.2) is 0 Å². The highest BCUT2D eigenvalue weighted by atomic mass is 31.1. The first-order valence-electron chi connectivity index (χ1n) is 5.19. The van der Waals surface area contributed by atoms with E-state index in [1.54, 1.807) is 0 Å². The van der Waals surface area contributed by atoms with Gasteiger partial charge in [0.2, 0.25) is 0 Å². The molecule has 0 nitrogen and oxygen atoms in total. The molecule has 0 fully saturated rings. The Hall–Kier alpha value is 0.170. The monoisotopic (exact) mass is 185 g/mol.